The highest BCUT2D eigenvalue weighted by molar-refractivity contribution is 7.99. The van der Waals surface area contributed by atoms with E-state index in [-0.39, 0.29) is 22.6 Å². The van der Waals surface area contributed by atoms with Crippen molar-refractivity contribution in [2.75, 3.05) is 6.26 Å². The van der Waals surface area contributed by atoms with Gasteiger partial charge in [0.2, 0.25) is 0 Å². The van der Waals surface area contributed by atoms with Crippen molar-refractivity contribution in [3.63, 3.8) is 0 Å². The summed E-state index contributed by atoms with van der Waals surface area (Å²) >= 11 is 2.40. The van der Waals surface area contributed by atoms with Crippen molar-refractivity contribution < 1.29 is 26.3 Å². The molecule has 160 valence electrons. The lowest BCUT2D eigenvalue weighted by molar-refractivity contribution is -0.143. The molecule has 0 atom stereocenters. The van der Waals surface area contributed by atoms with Crippen LogP contribution in [-0.4, -0.2) is 31.0 Å². The molecular weight excluding hydrogens is 452 g/mol. The molecule has 0 saturated heterocycles. The van der Waals surface area contributed by atoms with E-state index in [1.807, 2.05) is 0 Å². The van der Waals surface area contributed by atoms with Gasteiger partial charge in [-0.05, 0) is 49.2 Å². The number of alkyl halides is 6. The summed E-state index contributed by atoms with van der Waals surface area (Å²) in [7, 11) is 1.49. The van der Waals surface area contributed by atoms with Gasteiger partial charge in [-0.2, -0.15) is 31.4 Å². The number of rotatable bonds is 4. The third kappa shape index (κ3) is 5.06. The normalized spacial score (nSPS) is 12.4. The molecule has 0 saturated carbocycles. The molecule has 0 bridgehead atoms. The quantitative estimate of drug-likeness (QED) is 0.220. The Morgan fingerprint density at radius 3 is 2.00 bits per heavy atom. The molecule has 2 heterocycles. The van der Waals surface area contributed by atoms with Crippen LogP contribution in [0.4, 0.5) is 26.3 Å². The molecule has 1 aromatic carbocycles. The molecule has 13 heteroatoms. The van der Waals surface area contributed by atoms with Crippen molar-refractivity contribution in [1.29, 1.82) is 0 Å². The summed E-state index contributed by atoms with van der Waals surface area (Å²) in [6.45, 7) is 1.77. The summed E-state index contributed by atoms with van der Waals surface area (Å²) in [6, 6.07) is 2.94. The van der Waals surface area contributed by atoms with Gasteiger partial charge in [0.15, 0.2) is 16.1 Å². The van der Waals surface area contributed by atoms with E-state index in [0.29, 0.717) is 28.0 Å². The van der Waals surface area contributed by atoms with E-state index in [9.17, 15) is 26.3 Å². The Balaban J connectivity index is 2.03. The number of benzene rings is 1. The van der Waals surface area contributed by atoms with Crippen LogP contribution < -0.4 is 0 Å². The number of aromatic nitrogens is 5. The predicted octanol–water partition coefficient (Wildman–Crippen LogP) is 5.49. The van der Waals surface area contributed by atoms with Crippen LogP contribution in [0, 0.1) is 6.92 Å². The minimum atomic E-state index is -4.95. The summed E-state index contributed by atoms with van der Waals surface area (Å²) in [5, 5.41) is 5.28. The first-order chi connectivity index (χ1) is 13.9. The number of aryl methyl sites for hydroxylation is 2. The number of halogens is 6. The van der Waals surface area contributed by atoms with Crippen molar-refractivity contribution in [1.82, 2.24) is 24.7 Å². The first kappa shape index (κ1) is 22.4. The van der Waals surface area contributed by atoms with E-state index in [2.05, 4.69) is 20.1 Å². The van der Waals surface area contributed by atoms with Crippen molar-refractivity contribution in [3.8, 4) is 11.4 Å². The number of hydrogen-bond donors (Lipinski definition) is 0. The number of hydrogen-bond acceptors (Lipinski definition) is 6. The molecule has 0 unspecified atom stereocenters. The second kappa shape index (κ2) is 8.10. The first-order valence-electron chi connectivity index (χ1n) is 8.15. The van der Waals surface area contributed by atoms with Gasteiger partial charge in [0.05, 0.1) is 11.1 Å². The molecule has 0 aliphatic rings. The second-order valence-corrected chi connectivity index (χ2v) is 7.83. The van der Waals surface area contributed by atoms with E-state index in [4.69, 9.17) is 0 Å². The van der Waals surface area contributed by atoms with Crippen LogP contribution in [-0.2, 0) is 19.4 Å². The minimum absolute atomic E-state index is 0.0652. The van der Waals surface area contributed by atoms with E-state index in [1.165, 1.54) is 23.5 Å². The zero-order valence-corrected chi connectivity index (χ0v) is 17.3. The standard InChI is InChI=1S/C17H13F6N5S2/c1-8-4-12(25-14(24-8)29-3)30-15-26-13(27-28(15)2)9-5-10(16(18,19)20)7-11(6-9)17(21,22)23/h4-7H,1-3H3. The highest BCUT2D eigenvalue weighted by Crippen LogP contribution is 2.38. The minimum Gasteiger partial charge on any atom is -0.243 e. The molecule has 0 spiro atoms. The van der Waals surface area contributed by atoms with Crippen LogP contribution in [0.3, 0.4) is 0 Å². The Morgan fingerprint density at radius 1 is 0.867 bits per heavy atom. The SMILES string of the molecule is CSc1nc(C)cc(Sc2nc(-c3cc(C(F)(F)F)cc(C(F)(F)F)c3)nn2C)n1. The molecule has 5 nitrogen and oxygen atoms in total. The van der Waals surface area contributed by atoms with Gasteiger partial charge in [0.25, 0.3) is 0 Å². The van der Waals surface area contributed by atoms with Crippen molar-refractivity contribution >= 4 is 23.5 Å². The first-order valence-corrected chi connectivity index (χ1v) is 10.2. The lowest BCUT2D eigenvalue weighted by atomic mass is 10.0. The maximum atomic E-state index is 13.1. The van der Waals surface area contributed by atoms with Gasteiger partial charge < -0.3 is 0 Å². The average Bonchev–Trinajstić information content (AvgIpc) is 3.00. The highest BCUT2D eigenvalue weighted by atomic mass is 32.2. The summed E-state index contributed by atoms with van der Waals surface area (Å²) in [5.41, 5.74) is -2.54. The third-order valence-corrected chi connectivity index (χ3v) is 5.26. The molecule has 0 radical (unpaired) electrons. The Bertz CT molecular complexity index is 1050. The van der Waals surface area contributed by atoms with Gasteiger partial charge in [-0.1, -0.05) is 11.8 Å². The third-order valence-electron chi connectivity index (χ3n) is 3.76. The summed E-state index contributed by atoms with van der Waals surface area (Å²) in [4.78, 5) is 12.6. The van der Waals surface area contributed by atoms with E-state index < -0.39 is 23.5 Å². The van der Waals surface area contributed by atoms with Gasteiger partial charge in [-0.15, -0.1) is 0 Å². The fourth-order valence-corrected chi connectivity index (χ4v) is 3.75. The zero-order chi connectivity index (χ0) is 22.3. The Hall–Kier alpha value is -2.28. The predicted molar refractivity (Wildman–Crippen MR) is 99.1 cm³/mol. The van der Waals surface area contributed by atoms with Crippen molar-refractivity contribution in [2.45, 2.75) is 34.6 Å². The van der Waals surface area contributed by atoms with Crippen LogP contribution in [0.15, 0.2) is 39.6 Å². The molecule has 30 heavy (non-hydrogen) atoms. The monoisotopic (exact) mass is 465 g/mol. The molecular formula is C17H13F6N5S2. The molecule has 0 aliphatic carbocycles. The largest absolute Gasteiger partial charge is 0.416 e. The van der Waals surface area contributed by atoms with Crippen LogP contribution in [0.1, 0.15) is 16.8 Å². The van der Waals surface area contributed by atoms with Crippen LogP contribution in [0.25, 0.3) is 11.4 Å². The maximum absolute atomic E-state index is 13.1. The number of nitrogens with zero attached hydrogens (tertiary/aromatic N) is 5. The van der Waals surface area contributed by atoms with E-state index >= 15 is 0 Å². The lowest BCUT2D eigenvalue weighted by Gasteiger charge is -2.13. The molecule has 0 aliphatic heterocycles. The summed E-state index contributed by atoms with van der Waals surface area (Å²) in [5.74, 6) is -0.257. The van der Waals surface area contributed by atoms with E-state index in [0.717, 1.165) is 11.8 Å². The highest BCUT2D eigenvalue weighted by Gasteiger charge is 2.37. The second-order valence-electron chi connectivity index (χ2n) is 6.07. The summed E-state index contributed by atoms with van der Waals surface area (Å²) < 4.78 is 79.9. The van der Waals surface area contributed by atoms with Crippen molar-refractivity contribution in [2.24, 2.45) is 7.05 Å². The van der Waals surface area contributed by atoms with Crippen LogP contribution in [0.5, 0.6) is 0 Å². The van der Waals surface area contributed by atoms with Crippen LogP contribution >= 0.6 is 23.5 Å². The Labute approximate surface area is 175 Å². The maximum Gasteiger partial charge on any atom is 0.416 e. The van der Waals surface area contributed by atoms with Gasteiger partial charge in [0, 0.05) is 18.3 Å². The van der Waals surface area contributed by atoms with Crippen molar-refractivity contribution in [3.05, 3.63) is 41.1 Å². The lowest BCUT2D eigenvalue weighted by Crippen LogP contribution is -2.11. The molecule has 3 aromatic rings. The van der Waals surface area contributed by atoms with Gasteiger partial charge >= 0.3 is 12.4 Å². The molecule has 3 rings (SSSR count). The van der Waals surface area contributed by atoms with Gasteiger partial charge in [0.1, 0.15) is 5.03 Å². The average molecular weight is 465 g/mol. The fraction of sp³-hybridized carbons (Fsp3) is 0.294. The van der Waals surface area contributed by atoms with Gasteiger partial charge in [-0.25, -0.2) is 19.6 Å². The topological polar surface area (TPSA) is 56.5 Å². The smallest absolute Gasteiger partial charge is 0.243 e. The Kier molecular flexibility index (Phi) is 6.05. The fourth-order valence-electron chi connectivity index (χ4n) is 2.42. The molecule has 0 amide bonds. The molecule has 2 aromatic heterocycles. The molecule has 0 N–H and O–H groups in total. The van der Waals surface area contributed by atoms with Gasteiger partial charge in [-0.3, -0.25) is 0 Å². The summed E-state index contributed by atoms with van der Waals surface area (Å²) in [6.07, 6.45) is -8.10. The van der Waals surface area contributed by atoms with E-state index in [1.54, 1.807) is 19.2 Å². The Morgan fingerprint density at radius 2 is 1.47 bits per heavy atom. The molecule has 0 fully saturated rings. The number of thioether (sulfide) groups is 1. The van der Waals surface area contributed by atoms with Crippen LogP contribution in [0.2, 0.25) is 0 Å². The zero-order valence-electron chi connectivity index (χ0n) is 15.6.